The number of hydrogen-bond donors (Lipinski definition) is 0. The zero-order chi connectivity index (χ0) is 56.9. The van der Waals surface area contributed by atoms with Gasteiger partial charge in [-0.05, 0) is 201 Å². The van der Waals surface area contributed by atoms with E-state index >= 15 is 0 Å². The Kier molecular flexibility index (Phi) is 11.9. The average Bonchev–Trinajstić information content (AvgIpc) is 1.73. The van der Waals surface area contributed by atoms with Gasteiger partial charge < -0.3 is 0 Å². The Bertz CT molecular complexity index is 5000. The van der Waals surface area contributed by atoms with Crippen molar-refractivity contribution < 1.29 is 0 Å². The highest BCUT2D eigenvalue weighted by Crippen LogP contribution is 2.55. The maximum atomic E-state index is 2.53. The minimum atomic E-state index is -0.271. The molecule has 0 unspecified atom stereocenters. The lowest BCUT2D eigenvalue weighted by Gasteiger charge is -2.24. The van der Waals surface area contributed by atoms with E-state index in [4.69, 9.17) is 0 Å². The van der Waals surface area contributed by atoms with Crippen molar-refractivity contribution >= 4 is 64.6 Å². The van der Waals surface area contributed by atoms with E-state index in [-0.39, 0.29) is 5.41 Å². The lowest BCUT2D eigenvalue weighted by molar-refractivity contribution is 0.661. The van der Waals surface area contributed by atoms with Crippen molar-refractivity contribution in [3.05, 3.63) is 301 Å². The highest BCUT2D eigenvalue weighted by Gasteiger charge is 2.37. The zero-order valence-electron chi connectivity index (χ0n) is 48.5. The minimum absolute atomic E-state index is 0.271. The molecule has 0 aliphatic heterocycles. The molecule has 0 fully saturated rings. The van der Waals surface area contributed by atoms with Crippen LogP contribution in [0.4, 0.5) is 0 Å². The molecule has 0 amide bonds. The molecule has 15 aromatic rings. The van der Waals surface area contributed by atoms with Crippen LogP contribution in [0.15, 0.2) is 279 Å². The summed E-state index contributed by atoms with van der Waals surface area (Å²) in [6.45, 7) is 9.29. The SMILES string of the molecule is CCc1ccc(-c2ccc(-c3c4ccccc4c(-c4ccc5c(c4)C(C)(C)c4cc(-c6c7ccccc7c(-c7c8ccccc8c(-c8ccc(-c9ccc(CC)cc9)cc8)c8ccccc78)c7ccccc67)ccc4-5)c4ccccc34)cc2)cc1. The van der Waals surface area contributed by atoms with E-state index in [2.05, 4.69) is 307 Å². The van der Waals surface area contributed by atoms with Gasteiger partial charge in [0.15, 0.2) is 0 Å². The molecule has 0 saturated heterocycles. The maximum Gasteiger partial charge on any atom is 0.0159 e. The quantitative estimate of drug-likeness (QED) is 0.126. The van der Waals surface area contributed by atoms with Gasteiger partial charge in [-0.15, -0.1) is 0 Å². The van der Waals surface area contributed by atoms with Crippen molar-refractivity contribution in [2.45, 2.75) is 46.0 Å². The van der Waals surface area contributed by atoms with Gasteiger partial charge in [-0.3, -0.25) is 0 Å². The molecule has 1 aliphatic rings. The van der Waals surface area contributed by atoms with Gasteiger partial charge in [0.2, 0.25) is 0 Å². The summed E-state index contributed by atoms with van der Waals surface area (Å²) in [6.07, 6.45) is 2.08. The van der Waals surface area contributed by atoms with Crippen molar-refractivity contribution in [2.24, 2.45) is 0 Å². The number of hydrogen-bond acceptors (Lipinski definition) is 0. The van der Waals surface area contributed by atoms with Crippen LogP contribution in [0.1, 0.15) is 49.9 Å². The third kappa shape index (κ3) is 8.04. The molecule has 0 radical (unpaired) electrons. The van der Waals surface area contributed by atoms with Crippen molar-refractivity contribution in [3.63, 3.8) is 0 Å². The Morgan fingerprint density at radius 1 is 0.212 bits per heavy atom. The third-order valence-corrected chi connectivity index (χ3v) is 19.0. The van der Waals surface area contributed by atoms with E-state index in [1.54, 1.807) is 0 Å². The summed E-state index contributed by atoms with van der Waals surface area (Å²) in [7, 11) is 0. The second-order valence-electron chi connectivity index (χ2n) is 23.9. The van der Waals surface area contributed by atoms with Crippen LogP contribution in [0, 0.1) is 0 Å². The largest absolute Gasteiger partial charge is 0.0616 e. The molecule has 0 atom stereocenters. The van der Waals surface area contributed by atoms with Crippen LogP contribution >= 0.6 is 0 Å². The van der Waals surface area contributed by atoms with Crippen molar-refractivity contribution in [3.8, 4) is 89.0 Å². The number of benzene rings is 15. The third-order valence-electron chi connectivity index (χ3n) is 19.0. The second kappa shape index (κ2) is 20.0. The van der Waals surface area contributed by atoms with Gasteiger partial charge >= 0.3 is 0 Å². The highest BCUT2D eigenvalue weighted by atomic mass is 14.4. The van der Waals surface area contributed by atoms with Crippen molar-refractivity contribution in [1.82, 2.24) is 0 Å². The molecule has 85 heavy (non-hydrogen) atoms. The molecule has 0 saturated carbocycles. The first-order valence-corrected chi connectivity index (χ1v) is 30.3. The summed E-state index contributed by atoms with van der Waals surface area (Å²) in [4.78, 5) is 0. The molecule has 0 bridgehead atoms. The van der Waals surface area contributed by atoms with Crippen LogP contribution in [0.25, 0.3) is 154 Å². The Balaban J connectivity index is 0.815. The smallest absolute Gasteiger partial charge is 0.0159 e. The van der Waals surface area contributed by atoms with Gasteiger partial charge in [-0.25, -0.2) is 0 Å². The Morgan fingerprint density at radius 2 is 0.412 bits per heavy atom. The van der Waals surface area contributed by atoms with Gasteiger partial charge in [0, 0.05) is 5.41 Å². The fraction of sp³-hybridized carbons (Fsp3) is 0.0824. The molecule has 402 valence electrons. The monoisotopic (exact) mass is 1080 g/mol. The van der Waals surface area contributed by atoms with E-state index in [1.165, 1.54) is 176 Å². The molecule has 0 spiro atoms. The predicted octanol–water partition coefficient (Wildman–Crippen LogP) is 23.7. The minimum Gasteiger partial charge on any atom is -0.0616 e. The van der Waals surface area contributed by atoms with Crippen LogP contribution in [0.5, 0.6) is 0 Å². The summed E-state index contributed by atoms with van der Waals surface area (Å²) in [5.41, 5.74) is 25.4. The number of fused-ring (bicyclic) bond motifs is 9. The summed E-state index contributed by atoms with van der Waals surface area (Å²) in [5, 5.41) is 15.1. The first kappa shape index (κ1) is 50.6. The lowest BCUT2D eigenvalue weighted by Crippen LogP contribution is -2.15. The molecule has 0 aromatic heterocycles. The van der Waals surface area contributed by atoms with E-state index in [1.807, 2.05) is 0 Å². The Labute approximate surface area is 498 Å². The molecule has 16 rings (SSSR count). The Hall–Kier alpha value is -10.1. The standard InChI is InChI=1S/C85H62/c1-5-53-31-35-55(36-32-53)57-39-43-59(44-40-57)79-65-19-7-9-21-67(65)81(68-22-10-8-20-66(68)79)61-47-49-63-64-50-48-62(52-78(64)85(3,4)77(63)51-61)82-71-25-13-17-29-75(71)84(76-30-18-14-26-72(76)82)83-73-27-15-11-23-69(73)80(70-24-12-16-28-74(70)83)60-45-41-58(42-46-60)56-37-33-54(6-2)34-38-56/h7-52H,5-6H2,1-4H3. The van der Waals surface area contributed by atoms with Gasteiger partial charge in [0.1, 0.15) is 0 Å². The van der Waals surface area contributed by atoms with Gasteiger partial charge in [0.05, 0.1) is 0 Å². The van der Waals surface area contributed by atoms with E-state index in [9.17, 15) is 0 Å². The molecule has 1 aliphatic carbocycles. The zero-order valence-corrected chi connectivity index (χ0v) is 48.5. The van der Waals surface area contributed by atoms with Crippen LogP contribution < -0.4 is 0 Å². The van der Waals surface area contributed by atoms with Gasteiger partial charge in [0.25, 0.3) is 0 Å². The topological polar surface area (TPSA) is 0 Å². The fourth-order valence-electron chi connectivity index (χ4n) is 14.7. The van der Waals surface area contributed by atoms with Crippen LogP contribution in [-0.4, -0.2) is 0 Å². The lowest BCUT2D eigenvalue weighted by atomic mass is 9.78. The van der Waals surface area contributed by atoms with Gasteiger partial charge in [-0.2, -0.15) is 0 Å². The maximum absolute atomic E-state index is 2.53. The van der Waals surface area contributed by atoms with Crippen molar-refractivity contribution in [2.75, 3.05) is 0 Å². The summed E-state index contributed by atoms with van der Waals surface area (Å²) >= 11 is 0. The van der Waals surface area contributed by atoms with Crippen LogP contribution in [-0.2, 0) is 18.3 Å². The highest BCUT2D eigenvalue weighted by molar-refractivity contribution is 6.30. The molecular formula is C85H62. The Morgan fingerprint density at radius 3 is 0.659 bits per heavy atom. The molecule has 0 heteroatoms. The average molecular weight is 1080 g/mol. The van der Waals surface area contributed by atoms with Crippen LogP contribution in [0.2, 0.25) is 0 Å². The van der Waals surface area contributed by atoms with E-state index < -0.39 is 0 Å². The molecule has 0 N–H and O–H groups in total. The first-order chi connectivity index (χ1) is 41.8. The second-order valence-corrected chi connectivity index (χ2v) is 23.9. The molecule has 15 aromatic carbocycles. The molecular weight excluding hydrogens is 1020 g/mol. The summed E-state index contributed by atoms with van der Waals surface area (Å²) < 4.78 is 0. The molecule has 0 heterocycles. The van der Waals surface area contributed by atoms with Gasteiger partial charge in [-0.1, -0.05) is 295 Å². The van der Waals surface area contributed by atoms with Crippen LogP contribution in [0.3, 0.4) is 0 Å². The normalized spacial score (nSPS) is 12.7. The van der Waals surface area contributed by atoms with Crippen molar-refractivity contribution in [1.29, 1.82) is 0 Å². The number of aryl methyl sites for hydroxylation is 2. The summed E-state index contributed by atoms with van der Waals surface area (Å²) in [6, 6.07) is 106. The van der Waals surface area contributed by atoms with E-state index in [0.29, 0.717) is 0 Å². The first-order valence-electron chi connectivity index (χ1n) is 30.3. The summed E-state index contributed by atoms with van der Waals surface area (Å²) in [5.74, 6) is 0. The fourth-order valence-corrected chi connectivity index (χ4v) is 14.7. The van der Waals surface area contributed by atoms with E-state index in [0.717, 1.165) is 12.8 Å². The molecule has 0 nitrogen and oxygen atoms in total. The predicted molar refractivity (Wildman–Crippen MR) is 366 cm³/mol. The number of rotatable bonds is 9.